The Morgan fingerprint density at radius 3 is 2.34 bits per heavy atom. The highest BCUT2D eigenvalue weighted by Gasteiger charge is 2.45. The molecular weight excluding hydrogens is 403 g/mol. The highest BCUT2D eigenvalue weighted by molar-refractivity contribution is 7.91. The van der Waals surface area contributed by atoms with Gasteiger partial charge in [-0.2, -0.15) is 13.2 Å². The van der Waals surface area contributed by atoms with E-state index in [1.165, 1.54) is 18.2 Å². The van der Waals surface area contributed by atoms with Gasteiger partial charge in [-0.25, -0.2) is 8.42 Å². The molecule has 0 saturated carbocycles. The number of nitrogens with one attached hydrogen (secondary N) is 2. The van der Waals surface area contributed by atoms with Gasteiger partial charge in [0.1, 0.15) is 0 Å². The molecule has 0 amide bonds. The lowest BCUT2D eigenvalue weighted by Crippen LogP contribution is -2.60. The topological polar surface area (TPSA) is 71.1 Å². The van der Waals surface area contributed by atoms with Crippen LogP contribution in [0.15, 0.2) is 30.5 Å². The molecule has 0 unspecified atom stereocenters. The molecule has 1 fully saturated rings. The van der Waals surface area contributed by atoms with Gasteiger partial charge in [-0.15, -0.1) is 0 Å². The largest absolute Gasteiger partial charge is 0.497 e. The quantitative estimate of drug-likeness (QED) is 0.754. The van der Waals surface area contributed by atoms with E-state index in [9.17, 15) is 21.6 Å². The van der Waals surface area contributed by atoms with Gasteiger partial charge in [0, 0.05) is 22.5 Å². The number of anilines is 1. The lowest BCUT2D eigenvalue weighted by molar-refractivity contribution is -0.0437. The number of nitrogens with zero attached hydrogens (tertiary/aromatic N) is 1. The van der Waals surface area contributed by atoms with Gasteiger partial charge in [0.15, 0.2) is 0 Å². The van der Waals surface area contributed by atoms with Crippen LogP contribution >= 0.6 is 0 Å². The summed E-state index contributed by atoms with van der Waals surface area (Å²) in [5, 5.41) is 7.68. The summed E-state index contributed by atoms with van der Waals surface area (Å²) < 4.78 is 60.9. The molecule has 5 nitrogen and oxygen atoms in total. The molecule has 2 aromatic rings. The molecule has 2 heterocycles. The van der Waals surface area contributed by atoms with Crippen molar-refractivity contribution in [1.29, 1.82) is 0 Å². The minimum absolute atomic E-state index is 0.0389. The molecule has 0 spiro atoms. The number of alkyl halides is 3. The maximum Gasteiger partial charge on any atom is 0.497 e. The zero-order chi connectivity index (χ0) is 21.7. The number of rotatable bonds is 4. The maximum atomic E-state index is 12.7. The molecule has 0 atom stereocenters. The van der Waals surface area contributed by atoms with Crippen molar-refractivity contribution in [1.82, 2.24) is 10.3 Å². The first kappa shape index (κ1) is 21.8. The van der Waals surface area contributed by atoms with Crippen molar-refractivity contribution in [2.75, 3.05) is 5.32 Å². The Morgan fingerprint density at radius 2 is 1.76 bits per heavy atom. The molecule has 1 saturated heterocycles. The standard InChI is InChI=1S/C20H26F3N3O2S/c1-18(2)9-16(10-19(3,4)26-18)25-15-8-14-7-13(5-6-17(14)24-11-15)12-29(27,28)20(21,22)23/h5-8,11,16,25-26H,9-10,12H2,1-4H3. The second kappa shape index (κ2) is 7.12. The predicted octanol–water partition coefficient (Wildman–Crippen LogP) is 4.39. The first-order chi connectivity index (χ1) is 13.2. The van der Waals surface area contributed by atoms with Crippen LogP contribution in [0.3, 0.4) is 0 Å². The van der Waals surface area contributed by atoms with Crippen molar-refractivity contribution in [3.05, 3.63) is 36.0 Å². The van der Waals surface area contributed by atoms with E-state index in [1.54, 1.807) is 12.3 Å². The highest BCUT2D eigenvalue weighted by atomic mass is 32.2. The van der Waals surface area contributed by atoms with E-state index < -0.39 is 21.1 Å². The normalized spacial score (nSPS) is 20.0. The highest BCUT2D eigenvalue weighted by Crippen LogP contribution is 2.31. The van der Waals surface area contributed by atoms with Crippen molar-refractivity contribution in [3.8, 4) is 0 Å². The summed E-state index contributed by atoms with van der Waals surface area (Å²) in [5.41, 5.74) is -3.91. The van der Waals surface area contributed by atoms with Gasteiger partial charge in [-0.3, -0.25) is 4.98 Å². The van der Waals surface area contributed by atoms with Crippen LogP contribution < -0.4 is 10.6 Å². The number of sulfone groups is 1. The second-order valence-electron chi connectivity index (χ2n) is 9.10. The van der Waals surface area contributed by atoms with Crippen molar-refractivity contribution in [2.45, 2.75) is 68.9 Å². The van der Waals surface area contributed by atoms with Crippen molar-refractivity contribution in [3.63, 3.8) is 0 Å². The lowest BCUT2D eigenvalue weighted by Gasteiger charge is -2.46. The van der Waals surface area contributed by atoms with E-state index in [0.29, 0.717) is 10.9 Å². The Balaban J connectivity index is 1.84. The zero-order valence-corrected chi connectivity index (χ0v) is 17.7. The van der Waals surface area contributed by atoms with E-state index in [2.05, 4.69) is 43.3 Å². The Morgan fingerprint density at radius 1 is 1.14 bits per heavy atom. The first-order valence-electron chi connectivity index (χ1n) is 9.39. The SMILES string of the molecule is CC1(C)CC(Nc2cnc3ccc(CS(=O)(=O)C(F)(F)F)cc3c2)CC(C)(C)N1. The number of fused-ring (bicyclic) bond motifs is 1. The Kier molecular flexibility index (Phi) is 5.36. The molecule has 160 valence electrons. The zero-order valence-electron chi connectivity index (χ0n) is 16.9. The molecule has 3 rings (SSSR count). The lowest BCUT2D eigenvalue weighted by atomic mass is 9.79. The number of hydrogen-bond acceptors (Lipinski definition) is 5. The van der Waals surface area contributed by atoms with Gasteiger partial charge < -0.3 is 10.6 Å². The molecule has 1 aromatic carbocycles. The van der Waals surface area contributed by atoms with Gasteiger partial charge in [-0.05, 0) is 64.3 Å². The van der Waals surface area contributed by atoms with Crippen LogP contribution in [0.5, 0.6) is 0 Å². The second-order valence-corrected chi connectivity index (χ2v) is 11.1. The van der Waals surface area contributed by atoms with Crippen molar-refractivity contribution < 1.29 is 21.6 Å². The van der Waals surface area contributed by atoms with Crippen LogP contribution in [-0.2, 0) is 15.6 Å². The number of piperidine rings is 1. The van der Waals surface area contributed by atoms with Crippen molar-refractivity contribution >= 4 is 26.4 Å². The number of hydrogen-bond donors (Lipinski definition) is 2. The average molecular weight is 430 g/mol. The molecular formula is C20H26F3N3O2S. The molecule has 1 aromatic heterocycles. The minimum Gasteiger partial charge on any atom is -0.381 e. The monoisotopic (exact) mass is 429 g/mol. The van der Waals surface area contributed by atoms with Gasteiger partial charge in [0.05, 0.1) is 23.2 Å². The van der Waals surface area contributed by atoms with E-state index in [4.69, 9.17) is 0 Å². The first-order valence-corrected chi connectivity index (χ1v) is 11.0. The van der Waals surface area contributed by atoms with E-state index in [-0.39, 0.29) is 22.7 Å². The summed E-state index contributed by atoms with van der Waals surface area (Å²) in [4.78, 5) is 4.36. The minimum atomic E-state index is -5.27. The predicted molar refractivity (Wildman–Crippen MR) is 108 cm³/mol. The third-order valence-electron chi connectivity index (χ3n) is 5.02. The van der Waals surface area contributed by atoms with Gasteiger partial charge >= 0.3 is 5.51 Å². The summed E-state index contributed by atoms with van der Waals surface area (Å²) in [6, 6.07) is 6.36. The number of benzene rings is 1. The number of halogens is 3. The Bertz CT molecular complexity index is 1000. The fourth-order valence-electron chi connectivity index (χ4n) is 4.31. The molecule has 9 heteroatoms. The van der Waals surface area contributed by atoms with Gasteiger partial charge in [0.25, 0.3) is 9.84 Å². The summed E-state index contributed by atoms with van der Waals surface area (Å²) >= 11 is 0. The summed E-state index contributed by atoms with van der Waals surface area (Å²) in [6.45, 7) is 8.59. The molecule has 2 N–H and O–H groups in total. The number of pyridine rings is 1. The van der Waals surface area contributed by atoms with Gasteiger partial charge in [-0.1, -0.05) is 6.07 Å². The fraction of sp³-hybridized carbons (Fsp3) is 0.550. The molecule has 1 aliphatic rings. The summed E-state index contributed by atoms with van der Waals surface area (Å²) in [6.07, 6.45) is 3.49. The molecule has 29 heavy (non-hydrogen) atoms. The van der Waals surface area contributed by atoms with Crippen LogP contribution in [0.1, 0.15) is 46.1 Å². The van der Waals surface area contributed by atoms with Crippen molar-refractivity contribution in [2.24, 2.45) is 0 Å². The van der Waals surface area contributed by atoms with Crippen LogP contribution in [0.25, 0.3) is 10.9 Å². The van der Waals surface area contributed by atoms with Crippen LogP contribution in [-0.4, -0.2) is 36.0 Å². The molecule has 0 radical (unpaired) electrons. The molecule has 0 aliphatic carbocycles. The fourth-order valence-corrected chi connectivity index (χ4v) is 5.09. The molecule has 0 bridgehead atoms. The van der Waals surface area contributed by atoms with E-state index in [0.717, 1.165) is 18.5 Å². The number of aromatic nitrogens is 1. The van der Waals surface area contributed by atoms with Crippen LogP contribution in [0.2, 0.25) is 0 Å². The van der Waals surface area contributed by atoms with Crippen LogP contribution in [0.4, 0.5) is 18.9 Å². The Hall–Kier alpha value is -1.87. The third kappa shape index (κ3) is 5.19. The Labute approximate surface area is 169 Å². The van der Waals surface area contributed by atoms with E-state index in [1.807, 2.05) is 0 Å². The third-order valence-corrected chi connectivity index (χ3v) is 6.43. The molecule has 1 aliphatic heterocycles. The van der Waals surface area contributed by atoms with E-state index >= 15 is 0 Å². The smallest absolute Gasteiger partial charge is 0.381 e. The average Bonchev–Trinajstić information content (AvgIpc) is 2.49. The van der Waals surface area contributed by atoms with Gasteiger partial charge in [0.2, 0.25) is 0 Å². The summed E-state index contributed by atoms with van der Waals surface area (Å²) in [7, 11) is -5.22. The summed E-state index contributed by atoms with van der Waals surface area (Å²) in [5.74, 6) is -1.08. The van der Waals surface area contributed by atoms with Crippen LogP contribution in [0, 0.1) is 0 Å². The maximum absolute atomic E-state index is 12.7.